The molecule has 1 heterocycles. The minimum atomic E-state index is 0.106. The van der Waals surface area contributed by atoms with Gasteiger partial charge in [0.15, 0.2) is 0 Å². The van der Waals surface area contributed by atoms with Crippen molar-refractivity contribution in [3.8, 4) is 0 Å². The second-order valence-electron chi connectivity index (χ2n) is 4.75. The van der Waals surface area contributed by atoms with Crippen LogP contribution in [-0.2, 0) is 0 Å². The average molecular weight is 410 g/mol. The number of piperidine rings is 1. The molecule has 19 heavy (non-hydrogen) atoms. The first-order valence-corrected chi connectivity index (χ1v) is 8.74. The lowest BCUT2D eigenvalue weighted by Gasteiger charge is -2.36. The minimum Gasteiger partial charge on any atom is -0.336 e. The highest BCUT2D eigenvalue weighted by atomic mass is 79.9. The first-order valence-electron chi connectivity index (χ1n) is 6.45. The summed E-state index contributed by atoms with van der Waals surface area (Å²) in [4.78, 5) is 14.7. The van der Waals surface area contributed by atoms with Gasteiger partial charge in [0.05, 0.1) is 5.56 Å². The summed E-state index contributed by atoms with van der Waals surface area (Å²) in [5, 5.41) is 1.57. The molecule has 2 rings (SSSR count). The Morgan fingerprint density at radius 3 is 2.89 bits per heavy atom. The number of nitrogens with zero attached hydrogens (tertiary/aromatic N) is 1. The van der Waals surface area contributed by atoms with Gasteiger partial charge in [-0.05, 0) is 59.8 Å². The number of likely N-dealkylation sites (tertiary alicyclic amines) is 1. The quantitative estimate of drug-likeness (QED) is 0.652. The van der Waals surface area contributed by atoms with Crippen LogP contribution in [0.15, 0.2) is 22.7 Å². The van der Waals surface area contributed by atoms with Gasteiger partial charge in [-0.3, -0.25) is 4.79 Å². The fraction of sp³-hybridized carbons (Fsp3) is 0.500. The van der Waals surface area contributed by atoms with Gasteiger partial charge in [0, 0.05) is 27.4 Å². The van der Waals surface area contributed by atoms with Crippen molar-refractivity contribution in [1.82, 2.24) is 4.90 Å². The summed E-state index contributed by atoms with van der Waals surface area (Å²) in [6.45, 7) is 0.853. The SMILES string of the molecule is O=C(c1ccc(Cl)cc1Br)N1CCCCC1CCBr. The molecule has 1 amide bonds. The van der Waals surface area contributed by atoms with Gasteiger partial charge in [-0.2, -0.15) is 0 Å². The van der Waals surface area contributed by atoms with E-state index in [1.165, 1.54) is 6.42 Å². The molecular weight excluding hydrogens is 393 g/mol. The largest absolute Gasteiger partial charge is 0.336 e. The van der Waals surface area contributed by atoms with E-state index in [4.69, 9.17) is 11.6 Å². The highest BCUT2D eigenvalue weighted by Gasteiger charge is 2.27. The van der Waals surface area contributed by atoms with E-state index in [1.807, 2.05) is 4.90 Å². The van der Waals surface area contributed by atoms with Gasteiger partial charge < -0.3 is 4.90 Å². The van der Waals surface area contributed by atoms with Gasteiger partial charge in [-0.1, -0.05) is 27.5 Å². The Morgan fingerprint density at radius 2 is 2.21 bits per heavy atom. The van der Waals surface area contributed by atoms with Crippen LogP contribution in [0, 0.1) is 0 Å². The number of rotatable bonds is 3. The van der Waals surface area contributed by atoms with E-state index in [-0.39, 0.29) is 5.91 Å². The van der Waals surface area contributed by atoms with Crippen LogP contribution in [0.5, 0.6) is 0 Å². The summed E-state index contributed by atoms with van der Waals surface area (Å²) < 4.78 is 0.771. The molecule has 1 fully saturated rings. The number of carbonyl (C=O) groups is 1. The summed E-state index contributed by atoms with van der Waals surface area (Å²) in [5.74, 6) is 0.106. The van der Waals surface area contributed by atoms with Crippen molar-refractivity contribution in [2.24, 2.45) is 0 Å². The molecule has 1 aliphatic heterocycles. The molecule has 5 heteroatoms. The highest BCUT2D eigenvalue weighted by molar-refractivity contribution is 9.10. The monoisotopic (exact) mass is 407 g/mol. The second-order valence-corrected chi connectivity index (χ2v) is 6.83. The normalized spacial score (nSPS) is 19.5. The maximum atomic E-state index is 12.7. The standard InChI is InChI=1S/C14H16Br2ClNO/c15-7-6-11-3-1-2-8-18(11)14(19)12-5-4-10(17)9-13(12)16/h4-5,9,11H,1-3,6-8H2. The van der Waals surface area contributed by atoms with Gasteiger partial charge in [0.1, 0.15) is 0 Å². The van der Waals surface area contributed by atoms with Crippen molar-refractivity contribution < 1.29 is 4.79 Å². The molecule has 1 saturated heterocycles. The van der Waals surface area contributed by atoms with Crippen LogP contribution in [0.3, 0.4) is 0 Å². The third-order valence-electron chi connectivity index (χ3n) is 3.49. The zero-order valence-electron chi connectivity index (χ0n) is 10.5. The lowest BCUT2D eigenvalue weighted by atomic mass is 9.99. The van der Waals surface area contributed by atoms with Crippen LogP contribution in [0.4, 0.5) is 0 Å². The van der Waals surface area contributed by atoms with E-state index in [1.54, 1.807) is 18.2 Å². The lowest BCUT2D eigenvalue weighted by molar-refractivity contribution is 0.0609. The fourth-order valence-electron chi connectivity index (χ4n) is 2.51. The Hall–Kier alpha value is -0.0600. The van der Waals surface area contributed by atoms with Gasteiger partial charge >= 0.3 is 0 Å². The smallest absolute Gasteiger partial charge is 0.255 e. The maximum Gasteiger partial charge on any atom is 0.255 e. The first-order chi connectivity index (χ1) is 9.13. The van der Waals surface area contributed by atoms with Crippen molar-refractivity contribution >= 4 is 49.4 Å². The van der Waals surface area contributed by atoms with Crippen molar-refractivity contribution in [3.63, 3.8) is 0 Å². The number of hydrogen-bond acceptors (Lipinski definition) is 1. The highest BCUT2D eigenvalue weighted by Crippen LogP contribution is 2.27. The molecule has 0 N–H and O–H groups in total. The van der Waals surface area contributed by atoms with Gasteiger partial charge in [-0.25, -0.2) is 0 Å². The molecule has 0 aromatic heterocycles. The molecule has 1 atom stereocenters. The number of halogens is 3. The zero-order valence-corrected chi connectivity index (χ0v) is 14.5. The summed E-state index contributed by atoms with van der Waals surface area (Å²) in [7, 11) is 0. The van der Waals surface area contributed by atoms with Crippen LogP contribution >= 0.6 is 43.5 Å². The third kappa shape index (κ3) is 3.73. The molecule has 0 saturated carbocycles. The van der Waals surface area contributed by atoms with Crippen LogP contribution in [0.1, 0.15) is 36.0 Å². The lowest BCUT2D eigenvalue weighted by Crippen LogP contribution is -2.44. The molecule has 0 bridgehead atoms. The van der Waals surface area contributed by atoms with E-state index < -0.39 is 0 Å². The number of benzene rings is 1. The van der Waals surface area contributed by atoms with Crippen molar-refractivity contribution in [2.45, 2.75) is 31.7 Å². The van der Waals surface area contributed by atoms with Crippen molar-refractivity contribution in [2.75, 3.05) is 11.9 Å². The molecule has 1 aliphatic rings. The number of hydrogen-bond donors (Lipinski definition) is 0. The molecule has 1 aromatic carbocycles. The summed E-state index contributed by atoms with van der Waals surface area (Å²) in [6.07, 6.45) is 4.42. The number of alkyl halides is 1. The topological polar surface area (TPSA) is 20.3 Å². The molecule has 0 radical (unpaired) electrons. The Morgan fingerprint density at radius 1 is 1.42 bits per heavy atom. The van der Waals surface area contributed by atoms with E-state index in [0.29, 0.717) is 16.6 Å². The van der Waals surface area contributed by atoms with Gasteiger partial charge in [0.25, 0.3) is 5.91 Å². The van der Waals surface area contributed by atoms with E-state index in [2.05, 4.69) is 31.9 Å². The molecule has 1 aromatic rings. The molecule has 104 valence electrons. The zero-order chi connectivity index (χ0) is 13.8. The average Bonchev–Trinajstić information content (AvgIpc) is 2.39. The van der Waals surface area contributed by atoms with Crippen LogP contribution in [0.2, 0.25) is 5.02 Å². The van der Waals surface area contributed by atoms with Gasteiger partial charge in [-0.15, -0.1) is 0 Å². The predicted octanol–water partition coefficient (Wildman–Crippen LogP) is 4.88. The fourth-order valence-corrected chi connectivity index (χ4v) is 3.89. The van der Waals surface area contributed by atoms with Crippen LogP contribution < -0.4 is 0 Å². The van der Waals surface area contributed by atoms with E-state index in [9.17, 15) is 4.79 Å². The summed E-state index contributed by atoms with van der Waals surface area (Å²) in [5.41, 5.74) is 0.700. The molecule has 0 aliphatic carbocycles. The van der Waals surface area contributed by atoms with Gasteiger partial charge in [0.2, 0.25) is 0 Å². The summed E-state index contributed by atoms with van der Waals surface area (Å²) in [6, 6.07) is 5.69. The van der Waals surface area contributed by atoms with Crippen LogP contribution in [-0.4, -0.2) is 28.7 Å². The Bertz CT molecular complexity index is 465. The number of carbonyl (C=O) groups excluding carboxylic acids is 1. The van der Waals surface area contributed by atoms with Crippen molar-refractivity contribution in [3.05, 3.63) is 33.3 Å². The first kappa shape index (κ1) is 15.3. The number of amides is 1. The van der Waals surface area contributed by atoms with Crippen LogP contribution in [0.25, 0.3) is 0 Å². The Kier molecular flexibility index (Phi) is 5.72. The summed E-state index contributed by atoms with van der Waals surface area (Å²) >= 11 is 12.8. The Labute approximate surface area is 135 Å². The molecule has 1 unspecified atom stereocenters. The molecule has 2 nitrogen and oxygen atoms in total. The molecular formula is C14H16Br2ClNO. The van der Waals surface area contributed by atoms with E-state index >= 15 is 0 Å². The Balaban J connectivity index is 2.21. The second kappa shape index (κ2) is 7.09. The predicted molar refractivity (Wildman–Crippen MR) is 86.2 cm³/mol. The van der Waals surface area contributed by atoms with E-state index in [0.717, 1.165) is 35.6 Å². The molecule has 0 spiro atoms. The maximum absolute atomic E-state index is 12.7. The minimum absolute atomic E-state index is 0.106. The van der Waals surface area contributed by atoms with Crippen molar-refractivity contribution in [1.29, 1.82) is 0 Å². The third-order valence-corrected chi connectivity index (χ3v) is 4.84.